The number of carbonyl (C=O) groups is 3. The zero-order chi connectivity index (χ0) is 32.1. The summed E-state index contributed by atoms with van der Waals surface area (Å²) in [4.78, 5) is 43.6. The number of nitrogens with zero attached hydrogens (tertiary/aromatic N) is 4. The second-order valence-electron chi connectivity index (χ2n) is 12.1. The van der Waals surface area contributed by atoms with E-state index in [1.165, 1.54) is 10.6 Å². The standard InChI is InChI=1S/C32H37N7O5/c1-31(2,3)43-29(41)34-24(18-20-19-39(30(42)44-32(4,5)6)25-15-11-10-14-22(20)25)28(40)36-26-17-16-23(27(33)35-26)38-37-21-12-8-7-9-13-21/h7-17,19,24H,18H2,1-6H3,(H,34,41)(H3,33,35,36,40)/t24-/m0/s1. The molecule has 4 N–H and O–H groups in total. The van der Waals surface area contributed by atoms with Gasteiger partial charge in [-0.25, -0.2) is 14.6 Å². The number of nitrogens with one attached hydrogen (secondary N) is 2. The third-order valence-electron chi connectivity index (χ3n) is 6.00. The van der Waals surface area contributed by atoms with Crippen molar-refractivity contribution in [1.82, 2.24) is 14.9 Å². The van der Waals surface area contributed by atoms with Crippen LogP contribution in [0.15, 0.2) is 83.2 Å². The van der Waals surface area contributed by atoms with E-state index in [0.29, 0.717) is 22.5 Å². The number of amides is 2. The molecule has 12 heteroatoms. The highest BCUT2D eigenvalue weighted by molar-refractivity contribution is 5.98. The van der Waals surface area contributed by atoms with Crippen LogP contribution in [0.5, 0.6) is 0 Å². The first-order chi connectivity index (χ1) is 20.7. The minimum Gasteiger partial charge on any atom is -0.444 e. The molecule has 0 unspecified atom stereocenters. The van der Waals surface area contributed by atoms with Crippen molar-refractivity contribution in [3.05, 3.63) is 78.5 Å². The lowest BCUT2D eigenvalue weighted by atomic mass is 10.0. The summed E-state index contributed by atoms with van der Waals surface area (Å²) >= 11 is 0. The van der Waals surface area contributed by atoms with Gasteiger partial charge in [-0.2, -0.15) is 5.11 Å². The number of rotatable bonds is 7. The first kappa shape index (κ1) is 31.7. The van der Waals surface area contributed by atoms with Crippen LogP contribution < -0.4 is 16.4 Å². The second-order valence-corrected chi connectivity index (χ2v) is 12.1. The molecule has 1 atom stereocenters. The molecule has 0 saturated carbocycles. The lowest BCUT2D eigenvalue weighted by molar-refractivity contribution is -0.118. The average molecular weight is 600 g/mol. The third kappa shape index (κ3) is 8.63. The van der Waals surface area contributed by atoms with Crippen molar-refractivity contribution in [2.24, 2.45) is 10.2 Å². The highest BCUT2D eigenvalue weighted by Gasteiger charge is 2.28. The Morgan fingerprint density at radius 3 is 2.20 bits per heavy atom. The molecule has 0 aliphatic heterocycles. The fourth-order valence-corrected chi connectivity index (χ4v) is 4.20. The van der Waals surface area contributed by atoms with Crippen molar-refractivity contribution in [1.29, 1.82) is 0 Å². The van der Waals surface area contributed by atoms with Gasteiger partial charge in [-0.05, 0) is 77.4 Å². The van der Waals surface area contributed by atoms with Crippen molar-refractivity contribution in [3.63, 3.8) is 0 Å². The molecule has 230 valence electrons. The van der Waals surface area contributed by atoms with Gasteiger partial charge in [0.05, 0.1) is 11.2 Å². The van der Waals surface area contributed by atoms with Gasteiger partial charge in [0.2, 0.25) is 5.91 Å². The Hall–Kier alpha value is -5.26. The number of benzene rings is 2. The molecule has 0 aliphatic carbocycles. The molecule has 12 nitrogen and oxygen atoms in total. The highest BCUT2D eigenvalue weighted by atomic mass is 16.6. The largest absolute Gasteiger partial charge is 0.444 e. The molecule has 2 aromatic heterocycles. The zero-order valence-corrected chi connectivity index (χ0v) is 25.6. The number of pyridine rings is 1. The summed E-state index contributed by atoms with van der Waals surface area (Å²) in [6, 6.07) is 18.4. The van der Waals surface area contributed by atoms with Gasteiger partial charge in [0.25, 0.3) is 0 Å². The molecule has 4 aromatic rings. The number of fused-ring (bicyclic) bond motifs is 1. The number of hydrogen-bond donors (Lipinski definition) is 3. The molecule has 2 aromatic carbocycles. The van der Waals surface area contributed by atoms with E-state index < -0.39 is 35.3 Å². The maximum absolute atomic E-state index is 13.6. The maximum atomic E-state index is 13.6. The van der Waals surface area contributed by atoms with Crippen molar-refractivity contribution in [3.8, 4) is 0 Å². The third-order valence-corrected chi connectivity index (χ3v) is 6.00. The second kappa shape index (κ2) is 12.9. The Kier molecular flexibility index (Phi) is 9.32. The molecule has 2 amide bonds. The Bertz CT molecular complexity index is 1680. The number of carbonyl (C=O) groups excluding carboxylic acids is 3. The van der Waals surface area contributed by atoms with Gasteiger partial charge in [-0.1, -0.05) is 36.4 Å². The summed E-state index contributed by atoms with van der Waals surface area (Å²) in [7, 11) is 0. The molecule has 0 saturated heterocycles. The van der Waals surface area contributed by atoms with Crippen LogP contribution >= 0.6 is 0 Å². The monoisotopic (exact) mass is 599 g/mol. The van der Waals surface area contributed by atoms with E-state index in [1.807, 2.05) is 30.3 Å². The predicted molar refractivity (Wildman–Crippen MR) is 168 cm³/mol. The number of azo groups is 1. The van der Waals surface area contributed by atoms with E-state index >= 15 is 0 Å². The molecule has 0 radical (unpaired) electrons. The van der Waals surface area contributed by atoms with Gasteiger partial charge < -0.3 is 25.8 Å². The van der Waals surface area contributed by atoms with Crippen molar-refractivity contribution >= 4 is 52.0 Å². The number of anilines is 2. The van der Waals surface area contributed by atoms with E-state index in [4.69, 9.17) is 15.2 Å². The van der Waals surface area contributed by atoms with Crippen molar-refractivity contribution in [2.45, 2.75) is 65.2 Å². The molecule has 4 rings (SSSR count). The average Bonchev–Trinajstić information content (AvgIpc) is 3.29. The lowest BCUT2D eigenvalue weighted by Gasteiger charge is -2.23. The summed E-state index contributed by atoms with van der Waals surface area (Å²) in [6.07, 6.45) is 0.293. The van der Waals surface area contributed by atoms with Gasteiger partial charge in [-0.15, -0.1) is 5.11 Å². The normalized spacial score (nSPS) is 12.6. The summed E-state index contributed by atoms with van der Waals surface area (Å²) in [5.74, 6) is -0.367. The number of alkyl carbamates (subject to hydrolysis) is 1. The SMILES string of the molecule is CC(C)(C)OC(=O)N[C@@H](Cc1cn(C(=O)OC(C)(C)C)c2ccccc12)C(=O)Nc1ccc(N=Nc2ccccc2)c(N)n1. The van der Waals surface area contributed by atoms with Crippen LogP contribution in [0.4, 0.5) is 32.6 Å². The number of nitrogen functional groups attached to an aromatic ring is 1. The molecular weight excluding hydrogens is 562 g/mol. The predicted octanol–water partition coefficient (Wildman–Crippen LogP) is 6.89. The van der Waals surface area contributed by atoms with E-state index in [2.05, 4.69) is 25.8 Å². The van der Waals surface area contributed by atoms with Gasteiger partial charge in [-0.3, -0.25) is 9.36 Å². The summed E-state index contributed by atoms with van der Waals surface area (Å²) < 4.78 is 12.4. The van der Waals surface area contributed by atoms with Crippen LogP contribution in [0.3, 0.4) is 0 Å². The first-order valence-electron chi connectivity index (χ1n) is 14.0. The number of nitrogens with two attached hydrogens (primary N) is 1. The maximum Gasteiger partial charge on any atom is 0.419 e. The van der Waals surface area contributed by atoms with Gasteiger partial charge in [0.15, 0.2) is 5.82 Å². The smallest absolute Gasteiger partial charge is 0.419 e. The quantitative estimate of drug-likeness (QED) is 0.195. The Labute approximate surface area is 255 Å². The fourth-order valence-electron chi connectivity index (χ4n) is 4.20. The lowest BCUT2D eigenvalue weighted by Crippen LogP contribution is -2.47. The van der Waals surface area contributed by atoms with Crippen LogP contribution in [0.2, 0.25) is 0 Å². The molecular formula is C32H37N7O5. The van der Waals surface area contributed by atoms with Crippen molar-refractivity contribution < 1.29 is 23.9 Å². The number of aromatic nitrogens is 2. The molecule has 44 heavy (non-hydrogen) atoms. The van der Waals surface area contributed by atoms with E-state index in [0.717, 1.165) is 5.39 Å². The topological polar surface area (TPSA) is 162 Å². The minimum absolute atomic E-state index is 0.0280. The number of hydrogen-bond acceptors (Lipinski definition) is 9. The summed E-state index contributed by atoms with van der Waals surface area (Å²) in [5, 5.41) is 14.4. The van der Waals surface area contributed by atoms with Crippen molar-refractivity contribution in [2.75, 3.05) is 11.1 Å². The molecule has 2 heterocycles. The van der Waals surface area contributed by atoms with Crippen LogP contribution in [0.25, 0.3) is 10.9 Å². The van der Waals surface area contributed by atoms with Crippen LogP contribution in [0, 0.1) is 0 Å². The van der Waals surface area contributed by atoms with E-state index in [-0.39, 0.29) is 18.1 Å². The van der Waals surface area contributed by atoms with Gasteiger partial charge in [0, 0.05) is 18.0 Å². The summed E-state index contributed by atoms with van der Waals surface area (Å²) in [6.45, 7) is 10.5. The van der Waals surface area contributed by atoms with Crippen LogP contribution in [-0.2, 0) is 20.7 Å². The highest BCUT2D eigenvalue weighted by Crippen LogP contribution is 2.26. The Morgan fingerprint density at radius 1 is 0.886 bits per heavy atom. The first-order valence-corrected chi connectivity index (χ1v) is 14.0. The van der Waals surface area contributed by atoms with Crippen LogP contribution in [0.1, 0.15) is 47.1 Å². The Morgan fingerprint density at radius 2 is 1.55 bits per heavy atom. The zero-order valence-electron chi connectivity index (χ0n) is 25.6. The molecule has 0 aliphatic rings. The fraction of sp³-hybridized carbons (Fsp3) is 0.312. The molecule has 0 fully saturated rings. The Balaban J connectivity index is 1.60. The number of para-hydroxylation sites is 1. The molecule has 0 spiro atoms. The number of ether oxygens (including phenoxy) is 2. The molecule has 0 bridgehead atoms. The van der Waals surface area contributed by atoms with E-state index in [9.17, 15) is 14.4 Å². The summed E-state index contributed by atoms with van der Waals surface area (Å²) in [5.41, 5.74) is 6.79. The van der Waals surface area contributed by atoms with Gasteiger partial charge >= 0.3 is 12.2 Å². The van der Waals surface area contributed by atoms with E-state index in [1.54, 1.807) is 78.1 Å². The minimum atomic E-state index is -1.11. The van der Waals surface area contributed by atoms with Crippen LogP contribution in [-0.4, -0.2) is 44.9 Å². The van der Waals surface area contributed by atoms with Gasteiger partial charge in [0.1, 0.15) is 28.7 Å².